The molecule has 2 aromatic heterocycles. The summed E-state index contributed by atoms with van der Waals surface area (Å²) in [5.74, 6) is 3.87. The number of aromatic nitrogens is 3. The SMILES string of the molecule is Cc1noc(-c2ccc(C3c4[nH]c5ccccc5c4CCN3C(=O)C#CS(C)(C)C)cc2)n1. The average Bonchev–Trinajstić information content (AvgIpc) is 3.40. The summed E-state index contributed by atoms with van der Waals surface area (Å²) < 4.78 is 5.31. The van der Waals surface area contributed by atoms with Crippen LogP contribution >= 0.6 is 10.0 Å². The predicted octanol–water partition coefficient (Wildman–Crippen LogP) is 4.66. The second-order valence-corrected chi connectivity index (χ2v) is 12.9. The molecule has 0 spiro atoms. The molecule has 1 aliphatic heterocycles. The van der Waals surface area contributed by atoms with E-state index in [-0.39, 0.29) is 11.9 Å². The average molecular weight is 459 g/mol. The van der Waals surface area contributed by atoms with Gasteiger partial charge in [0.15, 0.2) is 5.82 Å². The summed E-state index contributed by atoms with van der Waals surface area (Å²) in [7, 11) is -1.09. The number of nitrogens with one attached hydrogen (secondary N) is 1. The highest BCUT2D eigenvalue weighted by molar-refractivity contribution is 8.36. The van der Waals surface area contributed by atoms with Crippen LogP contribution in [0.5, 0.6) is 0 Å². The zero-order valence-corrected chi connectivity index (χ0v) is 20.0. The lowest BCUT2D eigenvalue weighted by Gasteiger charge is -2.35. The largest absolute Gasteiger partial charge is 0.356 e. The van der Waals surface area contributed by atoms with E-state index in [1.807, 2.05) is 35.2 Å². The maximum atomic E-state index is 13.3. The Labute approximate surface area is 194 Å². The van der Waals surface area contributed by atoms with Crippen LogP contribution in [0.3, 0.4) is 0 Å². The number of H-pyrrole nitrogens is 1. The van der Waals surface area contributed by atoms with Gasteiger partial charge in [0.1, 0.15) is 0 Å². The predicted molar refractivity (Wildman–Crippen MR) is 133 cm³/mol. The lowest BCUT2D eigenvalue weighted by Crippen LogP contribution is -2.40. The standard InChI is InChI=1S/C26H26N4O2S/c1-17-27-26(32-29-17)19-11-9-18(10-12-19)25-24-21(20-7-5-6-8-22(20)28-24)13-15-30(25)23(31)14-16-33(2,3)4/h5-12,25,28H,13,15H2,1-4H3. The van der Waals surface area contributed by atoms with Crippen LogP contribution < -0.4 is 0 Å². The molecule has 3 heterocycles. The Morgan fingerprint density at radius 2 is 1.91 bits per heavy atom. The van der Waals surface area contributed by atoms with Gasteiger partial charge in [-0.15, -0.1) is 0 Å². The number of hydrogen-bond acceptors (Lipinski definition) is 4. The van der Waals surface area contributed by atoms with E-state index in [2.05, 4.69) is 63.3 Å². The minimum atomic E-state index is -1.09. The van der Waals surface area contributed by atoms with Crippen molar-refractivity contribution in [3.63, 3.8) is 0 Å². The van der Waals surface area contributed by atoms with Crippen molar-refractivity contribution in [2.45, 2.75) is 19.4 Å². The smallest absolute Gasteiger partial charge is 0.300 e. The van der Waals surface area contributed by atoms with Crippen molar-refractivity contribution in [2.24, 2.45) is 0 Å². The van der Waals surface area contributed by atoms with Gasteiger partial charge >= 0.3 is 0 Å². The maximum Gasteiger partial charge on any atom is 0.300 e. The fourth-order valence-corrected chi connectivity index (χ4v) is 4.69. The number of hydrogen-bond donors (Lipinski definition) is 1. The lowest BCUT2D eigenvalue weighted by atomic mass is 9.92. The van der Waals surface area contributed by atoms with Crippen LogP contribution in [0.25, 0.3) is 22.4 Å². The quantitative estimate of drug-likeness (QED) is 0.444. The molecule has 0 aliphatic carbocycles. The molecule has 1 amide bonds. The summed E-state index contributed by atoms with van der Waals surface area (Å²) in [6.07, 6.45) is 7.07. The Kier molecular flexibility index (Phi) is 5.26. The Morgan fingerprint density at radius 1 is 1.15 bits per heavy atom. The van der Waals surface area contributed by atoms with Crippen molar-refractivity contribution < 1.29 is 9.32 Å². The molecule has 0 bridgehead atoms. The lowest BCUT2D eigenvalue weighted by molar-refractivity contribution is -0.127. The van der Waals surface area contributed by atoms with Crippen LogP contribution in [-0.4, -0.2) is 51.2 Å². The summed E-state index contributed by atoms with van der Waals surface area (Å²) in [6, 6.07) is 16.1. The third kappa shape index (κ3) is 4.14. The van der Waals surface area contributed by atoms with Gasteiger partial charge in [0.2, 0.25) is 0 Å². The van der Waals surface area contributed by atoms with Gasteiger partial charge in [0, 0.05) is 34.6 Å². The second-order valence-electron chi connectivity index (χ2n) is 9.05. The van der Waals surface area contributed by atoms with E-state index >= 15 is 0 Å². The Hall–Kier alpha value is -3.50. The molecular formula is C26H26N4O2S. The molecule has 0 fully saturated rings. The van der Waals surface area contributed by atoms with Crippen LogP contribution in [0.15, 0.2) is 53.1 Å². The number of carbonyl (C=O) groups is 1. The fraction of sp³-hybridized carbons (Fsp3) is 0.269. The zero-order valence-electron chi connectivity index (χ0n) is 19.2. The molecule has 168 valence electrons. The molecule has 1 unspecified atom stereocenters. The molecule has 1 atom stereocenters. The molecule has 0 saturated carbocycles. The molecule has 1 aliphatic rings. The first-order valence-corrected chi connectivity index (χ1v) is 13.7. The molecule has 1 N–H and O–H groups in total. The van der Waals surface area contributed by atoms with E-state index in [9.17, 15) is 4.79 Å². The number of amides is 1. The normalized spacial score (nSPS) is 16.2. The van der Waals surface area contributed by atoms with Crippen LogP contribution in [0.2, 0.25) is 0 Å². The van der Waals surface area contributed by atoms with E-state index in [1.165, 1.54) is 10.9 Å². The maximum absolute atomic E-state index is 13.3. The molecule has 5 rings (SSSR count). The highest BCUT2D eigenvalue weighted by Crippen LogP contribution is 2.39. The van der Waals surface area contributed by atoms with Crippen molar-refractivity contribution in [3.05, 3.63) is 71.2 Å². The summed E-state index contributed by atoms with van der Waals surface area (Å²) in [5.41, 5.74) is 5.28. The second kappa shape index (κ2) is 8.13. The number of nitrogens with zero attached hydrogens (tertiary/aromatic N) is 3. The Bertz CT molecular complexity index is 1400. The third-order valence-corrected chi connectivity index (χ3v) is 6.47. The number of aryl methyl sites for hydroxylation is 1. The van der Waals surface area contributed by atoms with Gasteiger partial charge < -0.3 is 14.4 Å². The summed E-state index contributed by atoms with van der Waals surface area (Å²) in [6.45, 7) is 2.42. The molecule has 4 aromatic rings. The van der Waals surface area contributed by atoms with Crippen LogP contribution in [0, 0.1) is 18.1 Å². The molecule has 7 heteroatoms. The third-order valence-electron chi connectivity index (χ3n) is 5.76. The number of para-hydroxylation sites is 1. The molecular weight excluding hydrogens is 432 g/mol. The molecule has 0 saturated heterocycles. The summed E-state index contributed by atoms with van der Waals surface area (Å²) >= 11 is 0. The van der Waals surface area contributed by atoms with Crippen molar-refractivity contribution in [3.8, 4) is 22.6 Å². The number of fused-ring (bicyclic) bond motifs is 3. The highest BCUT2D eigenvalue weighted by Gasteiger charge is 2.34. The van der Waals surface area contributed by atoms with E-state index in [0.717, 1.165) is 28.8 Å². The molecule has 0 radical (unpaired) electrons. The molecule has 6 nitrogen and oxygen atoms in total. The molecule has 2 aromatic carbocycles. The minimum Gasteiger partial charge on any atom is -0.356 e. The Balaban J connectivity index is 1.59. The number of aromatic amines is 1. The van der Waals surface area contributed by atoms with Gasteiger partial charge in [0.05, 0.1) is 6.04 Å². The van der Waals surface area contributed by atoms with Gasteiger partial charge in [-0.05, 0) is 66.7 Å². The number of rotatable bonds is 2. The highest BCUT2D eigenvalue weighted by atomic mass is 32.3. The van der Waals surface area contributed by atoms with E-state index in [4.69, 9.17) is 4.52 Å². The fourth-order valence-electron chi connectivity index (χ4n) is 4.30. The first-order chi connectivity index (χ1) is 15.8. The first kappa shape index (κ1) is 21.4. The zero-order chi connectivity index (χ0) is 23.2. The van der Waals surface area contributed by atoms with Crippen molar-refractivity contribution in [1.82, 2.24) is 20.0 Å². The van der Waals surface area contributed by atoms with Gasteiger partial charge in [-0.2, -0.15) is 15.0 Å². The van der Waals surface area contributed by atoms with Crippen molar-refractivity contribution >= 4 is 26.8 Å². The van der Waals surface area contributed by atoms with Crippen LogP contribution in [-0.2, 0) is 11.2 Å². The van der Waals surface area contributed by atoms with Gasteiger partial charge in [-0.1, -0.05) is 35.5 Å². The van der Waals surface area contributed by atoms with Gasteiger partial charge in [0.25, 0.3) is 11.8 Å². The molecule has 33 heavy (non-hydrogen) atoms. The van der Waals surface area contributed by atoms with E-state index < -0.39 is 10.0 Å². The number of carbonyl (C=O) groups excluding carboxylic acids is 1. The summed E-state index contributed by atoms with van der Waals surface area (Å²) in [5, 5.41) is 8.27. The van der Waals surface area contributed by atoms with Crippen LogP contribution in [0.1, 0.15) is 28.7 Å². The minimum absolute atomic E-state index is 0.136. The van der Waals surface area contributed by atoms with E-state index in [1.54, 1.807) is 6.92 Å². The van der Waals surface area contributed by atoms with Gasteiger partial charge in [-0.25, -0.2) is 0 Å². The monoisotopic (exact) mass is 458 g/mol. The van der Waals surface area contributed by atoms with E-state index in [0.29, 0.717) is 18.3 Å². The first-order valence-electron chi connectivity index (χ1n) is 10.8. The Morgan fingerprint density at radius 3 is 2.61 bits per heavy atom. The number of benzene rings is 2. The van der Waals surface area contributed by atoms with Crippen LogP contribution in [0.4, 0.5) is 0 Å². The topological polar surface area (TPSA) is 75.0 Å². The van der Waals surface area contributed by atoms with Crippen molar-refractivity contribution in [2.75, 3.05) is 25.3 Å². The van der Waals surface area contributed by atoms with Crippen molar-refractivity contribution in [1.29, 1.82) is 0 Å². The van der Waals surface area contributed by atoms with Gasteiger partial charge in [-0.3, -0.25) is 4.79 Å². The summed E-state index contributed by atoms with van der Waals surface area (Å²) in [4.78, 5) is 23.1.